The highest BCUT2D eigenvalue weighted by molar-refractivity contribution is 7.80. The molecule has 154 valence electrons. The molecule has 0 unspecified atom stereocenters. The maximum atomic E-state index is 12.9. The average Bonchev–Trinajstić information content (AvgIpc) is 2.75. The van der Waals surface area contributed by atoms with E-state index in [-0.39, 0.29) is 10.9 Å². The molecule has 0 amide bonds. The van der Waals surface area contributed by atoms with Gasteiger partial charge in [-0.25, -0.2) is 4.39 Å². The molecular formula is C22H19ClFN3O2S. The third kappa shape index (κ3) is 6.43. The van der Waals surface area contributed by atoms with Crippen molar-refractivity contribution in [3.8, 4) is 11.5 Å². The number of methoxy groups -OCH3 is 1. The third-order valence-electron chi connectivity index (χ3n) is 3.98. The van der Waals surface area contributed by atoms with E-state index in [1.54, 1.807) is 31.5 Å². The number of thiocarbonyl (C=S) groups is 1. The van der Waals surface area contributed by atoms with Crippen LogP contribution in [0.3, 0.4) is 0 Å². The lowest BCUT2D eigenvalue weighted by molar-refractivity contribution is 0.284. The Morgan fingerprint density at radius 1 is 1.07 bits per heavy atom. The van der Waals surface area contributed by atoms with Crippen LogP contribution in [0.1, 0.15) is 11.1 Å². The van der Waals surface area contributed by atoms with Gasteiger partial charge in [0, 0.05) is 10.7 Å². The van der Waals surface area contributed by atoms with Gasteiger partial charge in [0.1, 0.15) is 12.4 Å². The summed E-state index contributed by atoms with van der Waals surface area (Å²) in [5, 5.41) is 7.98. The molecular weight excluding hydrogens is 425 g/mol. The van der Waals surface area contributed by atoms with Crippen LogP contribution in [0.15, 0.2) is 71.8 Å². The van der Waals surface area contributed by atoms with Crippen molar-refractivity contribution >= 4 is 40.8 Å². The number of hydrogen-bond donors (Lipinski definition) is 2. The Balaban J connectivity index is 1.56. The minimum absolute atomic E-state index is 0.285. The van der Waals surface area contributed by atoms with Gasteiger partial charge in [0.15, 0.2) is 16.6 Å². The number of rotatable bonds is 7. The highest BCUT2D eigenvalue weighted by atomic mass is 35.5. The molecule has 3 aromatic carbocycles. The van der Waals surface area contributed by atoms with E-state index in [1.807, 2.05) is 36.4 Å². The Bertz CT molecular complexity index is 1030. The van der Waals surface area contributed by atoms with Crippen LogP contribution in [0.4, 0.5) is 10.1 Å². The molecule has 0 saturated heterocycles. The molecule has 0 atom stereocenters. The average molecular weight is 444 g/mol. The SMILES string of the molecule is COc1cc(C=NNC(=S)Nc2ccc(F)cc2)ccc1OCc1ccc(Cl)cc1. The lowest BCUT2D eigenvalue weighted by Crippen LogP contribution is -2.23. The summed E-state index contributed by atoms with van der Waals surface area (Å²) >= 11 is 11.1. The normalized spacial score (nSPS) is 10.6. The van der Waals surface area contributed by atoms with Crippen LogP contribution in [0.25, 0.3) is 0 Å². The summed E-state index contributed by atoms with van der Waals surface area (Å²) in [4.78, 5) is 0. The first-order valence-electron chi connectivity index (χ1n) is 8.94. The molecule has 0 aliphatic heterocycles. The van der Waals surface area contributed by atoms with Crippen molar-refractivity contribution in [2.24, 2.45) is 5.10 Å². The van der Waals surface area contributed by atoms with Gasteiger partial charge in [-0.3, -0.25) is 5.43 Å². The lowest BCUT2D eigenvalue weighted by Gasteiger charge is -2.11. The Kier molecular flexibility index (Phi) is 7.59. The molecule has 5 nitrogen and oxygen atoms in total. The number of halogens is 2. The molecule has 0 radical (unpaired) electrons. The summed E-state index contributed by atoms with van der Waals surface area (Å²) in [6.45, 7) is 0.395. The van der Waals surface area contributed by atoms with Gasteiger partial charge in [0.2, 0.25) is 0 Å². The summed E-state index contributed by atoms with van der Waals surface area (Å²) in [5.41, 5.74) is 5.16. The van der Waals surface area contributed by atoms with Crippen molar-refractivity contribution in [2.45, 2.75) is 6.61 Å². The van der Waals surface area contributed by atoms with Crippen molar-refractivity contribution < 1.29 is 13.9 Å². The molecule has 0 aliphatic rings. The van der Waals surface area contributed by atoms with Gasteiger partial charge in [0.25, 0.3) is 0 Å². The predicted molar refractivity (Wildman–Crippen MR) is 122 cm³/mol. The zero-order chi connectivity index (χ0) is 21.3. The van der Waals surface area contributed by atoms with E-state index in [9.17, 15) is 4.39 Å². The van der Waals surface area contributed by atoms with Gasteiger partial charge < -0.3 is 14.8 Å². The second-order valence-corrected chi connectivity index (χ2v) is 7.00. The van der Waals surface area contributed by atoms with Crippen molar-refractivity contribution in [2.75, 3.05) is 12.4 Å². The Labute approximate surface area is 184 Å². The van der Waals surface area contributed by atoms with Gasteiger partial charge in [-0.15, -0.1) is 0 Å². The first-order valence-corrected chi connectivity index (χ1v) is 9.73. The highest BCUT2D eigenvalue weighted by Crippen LogP contribution is 2.28. The zero-order valence-corrected chi connectivity index (χ0v) is 17.6. The molecule has 2 N–H and O–H groups in total. The largest absolute Gasteiger partial charge is 0.493 e. The van der Waals surface area contributed by atoms with E-state index in [0.717, 1.165) is 11.1 Å². The summed E-state index contributed by atoms with van der Waals surface area (Å²) in [5.74, 6) is 0.887. The quantitative estimate of drug-likeness (QED) is 0.291. The number of benzene rings is 3. The van der Waals surface area contributed by atoms with Crippen LogP contribution >= 0.6 is 23.8 Å². The fourth-order valence-corrected chi connectivity index (χ4v) is 2.78. The second-order valence-electron chi connectivity index (χ2n) is 6.16. The number of anilines is 1. The minimum Gasteiger partial charge on any atom is -0.493 e. The molecule has 0 heterocycles. The van der Waals surface area contributed by atoms with Crippen LogP contribution in [0.2, 0.25) is 5.02 Å². The molecule has 0 aromatic heterocycles. The number of hydrogen-bond acceptors (Lipinski definition) is 4. The van der Waals surface area contributed by atoms with E-state index < -0.39 is 0 Å². The van der Waals surface area contributed by atoms with E-state index in [2.05, 4.69) is 15.8 Å². The zero-order valence-electron chi connectivity index (χ0n) is 16.1. The smallest absolute Gasteiger partial charge is 0.191 e. The third-order valence-corrected chi connectivity index (χ3v) is 4.42. The Morgan fingerprint density at radius 3 is 2.50 bits per heavy atom. The molecule has 30 heavy (non-hydrogen) atoms. The molecule has 0 aliphatic carbocycles. The maximum absolute atomic E-state index is 12.9. The highest BCUT2D eigenvalue weighted by Gasteiger charge is 2.06. The van der Waals surface area contributed by atoms with Crippen LogP contribution in [0, 0.1) is 5.82 Å². The summed E-state index contributed by atoms with van der Waals surface area (Å²) < 4.78 is 24.2. The molecule has 0 fully saturated rings. The number of ether oxygens (including phenoxy) is 2. The fraction of sp³-hybridized carbons (Fsp3) is 0.0909. The standard InChI is InChI=1S/C22H19ClFN3O2S/c1-28-21-12-16(4-11-20(21)29-14-15-2-5-17(23)6-3-15)13-25-27-22(30)26-19-9-7-18(24)8-10-19/h2-13H,14H2,1H3,(H2,26,27,30). The molecule has 0 bridgehead atoms. The summed E-state index contributed by atoms with van der Waals surface area (Å²) in [7, 11) is 1.57. The minimum atomic E-state index is -0.313. The fourth-order valence-electron chi connectivity index (χ4n) is 2.48. The van der Waals surface area contributed by atoms with Gasteiger partial charge in [0.05, 0.1) is 13.3 Å². The van der Waals surface area contributed by atoms with Crippen LogP contribution in [-0.4, -0.2) is 18.4 Å². The van der Waals surface area contributed by atoms with Crippen molar-refractivity contribution in [1.82, 2.24) is 5.43 Å². The van der Waals surface area contributed by atoms with Crippen molar-refractivity contribution in [1.29, 1.82) is 0 Å². The second kappa shape index (κ2) is 10.6. The first-order chi connectivity index (χ1) is 14.5. The van der Waals surface area contributed by atoms with Crippen LogP contribution in [-0.2, 0) is 6.61 Å². The summed E-state index contributed by atoms with van der Waals surface area (Å²) in [6, 6.07) is 18.8. The topological polar surface area (TPSA) is 54.9 Å². The number of hydrazone groups is 1. The van der Waals surface area contributed by atoms with Crippen molar-refractivity contribution in [3.63, 3.8) is 0 Å². The molecule has 3 aromatic rings. The summed E-state index contributed by atoms with van der Waals surface area (Å²) in [6.07, 6.45) is 1.60. The van der Waals surface area contributed by atoms with E-state index in [0.29, 0.717) is 28.8 Å². The maximum Gasteiger partial charge on any atom is 0.191 e. The van der Waals surface area contributed by atoms with Crippen LogP contribution in [0.5, 0.6) is 11.5 Å². The molecule has 3 rings (SSSR count). The van der Waals surface area contributed by atoms with E-state index in [4.69, 9.17) is 33.3 Å². The van der Waals surface area contributed by atoms with Gasteiger partial charge in [-0.1, -0.05) is 23.7 Å². The predicted octanol–water partition coefficient (Wildman–Crippen LogP) is 5.39. The molecule has 0 saturated carbocycles. The van der Waals surface area contributed by atoms with E-state index in [1.165, 1.54) is 12.1 Å². The van der Waals surface area contributed by atoms with E-state index >= 15 is 0 Å². The Hall–Kier alpha value is -3.16. The monoisotopic (exact) mass is 443 g/mol. The molecule has 0 spiro atoms. The van der Waals surface area contributed by atoms with Crippen LogP contribution < -0.4 is 20.2 Å². The van der Waals surface area contributed by atoms with Gasteiger partial charge >= 0.3 is 0 Å². The first kappa shape index (κ1) is 21.5. The van der Waals surface area contributed by atoms with Crippen molar-refractivity contribution in [3.05, 3.63) is 88.7 Å². The lowest BCUT2D eigenvalue weighted by atomic mass is 10.2. The molecule has 8 heteroatoms. The number of nitrogens with one attached hydrogen (secondary N) is 2. The Morgan fingerprint density at radius 2 is 1.80 bits per heavy atom. The van der Waals surface area contributed by atoms with Gasteiger partial charge in [-0.2, -0.15) is 5.10 Å². The van der Waals surface area contributed by atoms with Gasteiger partial charge in [-0.05, 0) is 77.9 Å². The number of nitrogens with zero attached hydrogens (tertiary/aromatic N) is 1.